The fraction of sp³-hybridized carbons (Fsp3) is 0.385. The molecule has 1 rings (SSSR count). The van der Waals surface area contributed by atoms with Crippen molar-refractivity contribution in [3.05, 3.63) is 42.2 Å². The summed E-state index contributed by atoms with van der Waals surface area (Å²) < 4.78 is 13.8. The Morgan fingerprint density at radius 3 is 2.71 bits per heavy atom. The zero-order valence-electron chi connectivity index (χ0n) is 9.93. The van der Waals surface area contributed by atoms with Crippen molar-refractivity contribution in [1.29, 1.82) is 0 Å². The van der Waals surface area contributed by atoms with Gasteiger partial charge in [-0.15, -0.1) is 6.58 Å². The Balaban J connectivity index is 2.99. The summed E-state index contributed by atoms with van der Waals surface area (Å²) in [6.45, 7) is 5.94. The minimum Gasteiger partial charge on any atom is -0.395 e. The number of rotatable bonds is 6. The first-order valence-corrected chi connectivity index (χ1v) is 5.54. The second-order valence-corrected chi connectivity index (χ2v) is 3.85. The number of hydrogen-bond donors (Lipinski definition) is 2. The minimum absolute atomic E-state index is 0.0502. The van der Waals surface area contributed by atoms with Gasteiger partial charge in [0.1, 0.15) is 5.82 Å². The fourth-order valence-electron chi connectivity index (χ4n) is 1.63. The molecular weight excluding hydrogens is 221 g/mol. The number of anilines is 1. The summed E-state index contributed by atoms with van der Waals surface area (Å²) in [5, 5.41) is 18.3. The molecule has 0 aliphatic heterocycles. The second kappa shape index (κ2) is 6.37. The molecule has 0 bridgehead atoms. The molecule has 0 fully saturated rings. The van der Waals surface area contributed by atoms with E-state index < -0.39 is 11.9 Å². The molecule has 17 heavy (non-hydrogen) atoms. The van der Waals surface area contributed by atoms with Crippen LogP contribution in [0, 0.1) is 5.82 Å². The highest BCUT2D eigenvalue weighted by Gasteiger charge is 2.12. The maximum absolute atomic E-state index is 13.8. The average molecular weight is 239 g/mol. The van der Waals surface area contributed by atoms with Crippen LogP contribution in [0.25, 0.3) is 0 Å². The van der Waals surface area contributed by atoms with Crippen LogP contribution >= 0.6 is 0 Å². The summed E-state index contributed by atoms with van der Waals surface area (Å²) in [5.74, 6) is -0.404. The zero-order chi connectivity index (χ0) is 12.8. The molecule has 0 aliphatic carbocycles. The van der Waals surface area contributed by atoms with E-state index in [9.17, 15) is 9.50 Å². The van der Waals surface area contributed by atoms with Gasteiger partial charge in [-0.1, -0.05) is 12.1 Å². The first-order valence-electron chi connectivity index (χ1n) is 5.54. The quantitative estimate of drug-likeness (QED) is 0.745. The standard InChI is InChI=1S/C13H18FNO2/c1-3-6-15(7-8-16)13-5-4-11(10(2)17)9-12(13)14/h3-5,9-10,16-17H,1,6-8H2,2H3. The molecule has 4 heteroatoms. The molecule has 0 amide bonds. The van der Waals surface area contributed by atoms with Crippen LogP contribution < -0.4 is 4.90 Å². The van der Waals surface area contributed by atoms with Gasteiger partial charge in [-0.3, -0.25) is 0 Å². The Labute approximate surface area is 101 Å². The number of aliphatic hydroxyl groups excluding tert-OH is 2. The molecule has 1 aromatic carbocycles. The van der Waals surface area contributed by atoms with Crippen LogP contribution in [0.3, 0.4) is 0 Å². The topological polar surface area (TPSA) is 43.7 Å². The van der Waals surface area contributed by atoms with Gasteiger partial charge in [0.15, 0.2) is 0 Å². The molecule has 2 N–H and O–H groups in total. The average Bonchev–Trinajstić information content (AvgIpc) is 2.28. The van der Waals surface area contributed by atoms with E-state index in [-0.39, 0.29) is 6.61 Å². The van der Waals surface area contributed by atoms with Crippen molar-refractivity contribution >= 4 is 5.69 Å². The molecule has 94 valence electrons. The van der Waals surface area contributed by atoms with Gasteiger partial charge in [0.05, 0.1) is 18.4 Å². The molecule has 0 spiro atoms. The normalized spacial score (nSPS) is 12.2. The van der Waals surface area contributed by atoms with Gasteiger partial charge < -0.3 is 15.1 Å². The Kier molecular flexibility index (Phi) is 5.12. The lowest BCUT2D eigenvalue weighted by Crippen LogP contribution is -2.27. The van der Waals surface area contributed by atoms with Gasteiger partial charge in [0, 0.05) is 13.1 Å². The molecule has 1 atom stereocenters. The lowest BCUT2D eigenvalue weighted by atomic mass is 10.1. The van der Waals surface area contributed by atoms with Crippen LogP contribution in [0.5, 0.6) is 0 Å². The molecule has 0 radical (unpaired) electrons. The van der Waals surface area contributed by atoms with Crippen molar-refractivity contribution in [2.45, 2.75) is 13.0 Å². The van der Waals surface area contributed by atoms with Crippen LogP contribution in [0.4, 0.5) is 10.1 Å². The second-order valence-electron chi connectivity index (χ2n) is 3.85. The summed E-state index contributed by atoms with van der Waals surface area (Å²) in [6, 6.07) is 4.60. The molecule has 0 heterocycles. The number of hydrogen-bond acceptors (Lipinski definition) is 3. The van der Waals surface area contributed by atoms with Crippen molar-refractivity contribution in [3.63, 3.8) is 0 Å². The third-order valence-corrected chi connectivity index (χ3v) is 2.51. The van der Waals surface area contributed by atoms with Crippen molar-refractivity contribution in [3.8, 4) is 0 Å². The Bertz CT molecular complexity index is 380. The predicted molar refractivity (Wildman–Crippen MR) is 66.5 cm³/mol. The number of aliphatic hydroxyl groups is 2. The Hall–Kier alpha value is -1.39. The molecule has 1 unspecified atom stereocenters. The first-order chi connectivity index (χ1) is 8.10. The summed E-state index contributed by atoms with van der Waals surface area (Å²) >= 11 is 0. The molecule has 1 aromatic rings. The largest absolute Gasteiger partial charge is 0.395 e. The smallest absolute Gasteiger partial charge is 0.146 e. The number of nitrogens with zero attached hydrogens (tertiary/aromatic N) is 1. The van der Waals surface area contributed by atoms with Crippen LogP contribution in [0.2, 0.25) is 0 Å². The Morgan fingerprint density at radius 2 is 2.24 bits per heavy atom. The SMILES string of the molecule is C=CCN(CCO)c1ccc(C(C)O)cc1F. The zero-order valence-corrected chi connectivity index (χ0v) is 9.93. The maximum Gasteiger partial charge on any atom is 0.146 e. The molecule has 0 saturated carbocycles. The fourth-order valence-corrected chi connectivity index (χ4v) is 1.63. The molecule has 3 nitrogen and oxygen atoms in total. The van der Waals surface area contributed by atoms with Gasteiger partial charge in [0.2, 0.25) is 0 Å². The van der Waals surface area contributed by atoms with Gasteiger partial charge in [0.25, 0.3) is 0 Å². The molecular formula is C13H18FNO2. The molecule has 0 saturated heterocycles. The van der Waals surface area contributed by atoms with Crippen molar-refractivity contribution in [2.24, 2.45) is 0 Å². The third-order valence-electron chi connectivity index (χ3n) is 2.51. The van der Waals surface area contributed by atoms with E-state index in [2.05, 4.69) is 6.58 Å². The number of halogens is 1. The van der Waals surface area contributed by atoms with Gasteiger partial charge >= 0.3 is 0 Å². The van der Waals surface area contributed by atoms with Crippen molar-refractivity contribution < 1.29 is 14.6 Å². The summed E-state index contributed by atoms with van der Waals surface area (Å²) in [7, 11) is 0. The van der Waals surface area contributed by atoms with Gasteiger partial charge in [-0.05, 0) is 24.6 Å². The molecule has 0 aliphatic rings. The van der Waals surface area contributed by atoms with E-state index in [1.165, 1.54) is 6.07 Å². The van der Waals surface area contributed by atoms with Crippen LogP contribution in [-0.2, 0) is 0 Å². The highest BCUT2D eigenvalue weighted by atomic mass is 19.1. The first kappa shape index (κ1) is 13.7. The number of benzene rings is 1. The van der Waals surface area contributed by atoms with Crippen LogP contribution in [-0.4, -0.2) is 29.9 Å². The van der Waals surface area contributed by atoms with Gasteiger partial charge in [-0.25, -0.2) is 4.39 Å². The van der Waals surface area contributed by atoms with Crippen LogP contribution in [0.15, 0.2) is 30.9 Å². The minimum atomic E-state index is -0.691. The van der Waals surface area contributed by atoms with E-state index in [4.69, 9.17) is 5.11 Å². The summed E-state index contributed by atoms with van der Waals surface area (Å²) in [6.07, 6.45) is 0.960. The Morgan fingerprint density at radius 1 is 1.53 bits per heavy atom. The monoisotopic (exact) mass is 239 g/mol. The van der Waals surface area contributed by atoms with E-state index >= 15 is 0 Å². The maximum atomic E-state index is 13.8. The highest BCUT2D eigenvalue weighted by molar-refractivity contribution is 5.50. The molecule has 0 aromatic heterocycles. The predicted octanol–water partition coefficient (Wildman–Crippen LogP) is 1.86. The van der Waals surface area contributed by atoms with Crippen molar-refractivity contribution in [1.82, 2.24) is 0 Å². The van der Waals surface area contributed by atoms with E-state index in [1.54, 1.807) is 30.0 Å². The lowest BCUT2D eigenvalue weighted by molar-refractivity contribution is 0.199. The van der Waals surface area contributed by atoms with E-state index in [1.807, 2.05) is 0 Å². The lowest BCUT2D eigenvalue weighted by Gasteiger charge is -2.23. The van der Waals surface area contributed by atoms with E-state index in [0.29, 0.717) is 24.3 Å². The van der Waals surface area contributed by atoms with Crippen molar-refractivity contribution in [2.75, 3.05) is 24.6 Å². The van der Waals surface area contributed by atoms with E-state index in [0.717, 1.165) is 0 Å². The summed E-state index contributed by atoms with van der Waals surface area (Å²) in [4.78, 5) is 1.69. The van der Waals surface area contributed by atoms with Crippen LogP contribution in [0.1, 0.15) is 18.6 Å². The highest BCUT2D eigenvalue weighted by Crippen LogP contribution is 2.23. The summed E-state index contributed by atoms with van der Waals surface area (Å²) in [5.41, 5.74) is 0.942. The third kappa shape index (κ3) is 3.54. The van der Waals surface area contributed by atoms with Gasteiger partial charge in [-0.2, -0.15) is 0 Å².